The Kier molecular flexibility index (Phi) is 3.63. The van der Waals surface area contributed by atoms with Crippen molar-refractivity contribution >= 4 is 11.9 Å². The molecule has 1 aromatic carbocycles. The third-order valence-corrected chi connectivity index (χ3v) is 6.23. The molecule has 3 aliphatic carbocycles. The summed E-state index contributed by atoms with van der Waals surface area (Å²) in [5, 5.41) is 9.67. The molecular weight excluding hydrogens is 290 g/mol. The lowest BCUT2D eigenvalue weighted by Gasteiger charge is -2.47. The van der Waals surface area contributed by atoms with E-state index >= 15 is 0 Å². The number of nitrogens with zero attached hydrogens (tertiary/aromatic N) is 1. The van der Waals surface area contributed by atoms with Gasteiger partial charge in [0.2, 0.25) is 5.91 Å². The number of hydrogen-bond donors (Lipinski definition) is 1. The predicted molar refractivity (Wildman–Crippen MR) is 85.6 cm³/mol. The molecule has 1 heterocycles. The van der Waals surface area contributed by atoms with Gasteiger partial charge in [-0.3, -0.25) is 9.59 Å². The van der Waals surface area contributed by atoms with E-state index in [4.69, 9.17) is 0 Å². The Bertz CT molecular complexity index is 633. The van der Waals surface area contributed by atoms with Gasteiger partial charge in [0.05, 0.1) is 11.8 Å². The first kappa shape index (κ1) is 14.7. The topological polar surface area (TPSA) is 57.6 Å². The van der Waals surface area contributed by atoms with E-state index < -0.39 is 11.9 Å². The minimum absolute atomic E-state index is 0.0845. The molecule has 0 radical (unpaired) electrons. The number of amides is 1. The van der Waals surface area contributed by atoms with Gasteiger partial charge in [0.1, 0.15) is 0 Å². The van der Waals surface area contributed by atoms with Crippen LogP contribution in [0.25, 0.3) is 0 Å². The lowest BCUT2D eigenvalue weighted by molar-refractivity contribution is -0.162. The van der Waals surface area contributed by atoms with E-state index in [2.05, 4.69) is 12.1 Å². The zero-order chi connectivity index (χ0) is 16.0. The molecule has 4 heteroatoms. The summed E-state index contributed by atoms with van der Waals surface area (Å²) < 4.78 is 0. The summed E-state index contributed by atoms with van der Waals surface area (Å²) in [4.78, 5) is 26.8. The first-order valence-electron chi connectivity index (χ1n) is 8.73. The van der Waals surface area contributed by atoms with Gasteiger partial charge in [0.15, 0.2) is 0 Å². The first-order chi connectivity index (χ1) is 11.1. The lowest BCUT2D eigenvalue weighted by Crippen LogP contribution is -2.52. The molecule has 1 aromatic rings. The van der Waals surface area contributed by atoms with E-state index in [0.29, 0.717) is 6.54 Å². The number of rotatable bonds is 2. The molecule has 122 valence electrons. The Morgan fingerprint density at radius 3 is 2.22 bits per heavy atom. The largest absolute Gasteiger partial charge is 0.481 e. The van der Waals surface area contributed by atoms with Crippen LogP contribution >= 0.6 is 0 Å². The highest BCUT2D eigenvalue weighted by Crippen LogP contribution is 2.49. The summed E-state index contributed by atoms with van der Waals surface area (Å²) >= 11 is 0. The minimum Gasteiger partial charge on any atom is -0.481 e. The SMILES string of the molecule is O=C(O)[C@@H]1C2CCC(CC2)[C@@H]1C(=O)N1CCc2ccccc2C1. The maximum atomic E-state index is 13.1. The van der Waals surface area contributed by atoms with Gasteiger partial charge in [-0.1, -0.05) is 24.3 Å². The summed E-state index contributed by atoms with van der Waals surface area (Å²) in [6.45, 7) is 1.35. The molecule has 3 saturated carbocycles. The third-order valence-electron chi connectivity index (χ3n) is 6.23. The number of carbonyl (C=O) groups is 2. The van der Waals surface area contributed by atoms with Crippen molar-refractivity contribution in [3.8, 4) is 0 Å². The van der Waals surface area contributed by atoms with Crippen molar-refractivity contribution in [3.63, 3.8) is 0 Å². The van der Waals surface area contributed by atoms with Crippen LogP contribution in [0.15, 0.2) is 24.3 Å². The second-order valence-corrected chi connectivity index (χ2v) is 7.34. The highest BCUT2D eigenvalue weighted by atomic mass is 16.4. The lowest BCUT2D eigenvalue weighted by atomic mass is 9.58. The number of benzene rings is 1. The van der Waals surface area contributed by atoms with E-state index in [0.717, 1.165) is 38.6 Å². The van der Waals surface area contributed by atoms with E-state index in [1.54, 1.807) is 0 Å². The molecule has 1 amide bonds. The molecule has 0 spiro atoms. The van der Waals surface area contributed by atoms with E-state index in [1.807, 2.05) is 17.0 Å². The summed E-state index contributed by atoms with van der Waals surface area (Å²) in [7, 11) is 0. The van der Waals surface area contributed by atoms with Gasteiger partial charge in [-0.15, -0.1) is 0 Å². The van der Waals surface area contributed by atoms with Crippen LogP contribution in [0.2, 0.25) is 0 Å². The zero-order valence-electron chi connectivity index (χ0n) is 13.3. The zero-order valence-corrected chi connectivity index (χ0v) is 13.3. The molecule has 1 aliphatic heterocycles. The van der Waals surface area contributed by atoms with Crippen LogP contribution in [0.3, 0.4) is 0 Å². The number of aliphatic carboxylic acids is 1. The van der Waals surface area contributed by atoms with Crippen LogP contribution in [0.5, 0.6) is 0 Å². The van der Waals surface area contributed by atoms with Crippen molar-refractivity contribution in [2.24, 2.45) is 23.7 Å². The number of hydrogen-bond acceptors (Lipinski definition) is 2. The molecule has 2 bridgehead atoms. The monoisotopic (exact) mass is 313 g/mol. The average Bonchev–Trinajstić information content (AvgIpc) is 2.60. The van der Waals surface area contributed by atoms with E-state index in [9.17, 15) is 14.7 Å². The highest BCUT2D eigenvalue weighted by molar-refractivity contribution is 5.86. The molecular formula is C19H23NO3. The van der Waals surface area contributed by atoms with Crippen LogP contribution in [0.4, 0.5) is 0 Å². The van der Waals surface area contributed by atoms with Crippen molar-refractivity contribution in [1.82, 2.24) is 4.90 Å². The smallest absolute Gasteiger partial charge is 0.307 e. The fourth-order valence-corrected chi connectivity index (χ4v) is 5.05. The van der Waals surface area contributed by atoms with Crippen molar-refractivity contribution in [2.45, 2.75) is 38.6 Å². The third kappa shape index (κ3) is 2.44. The molecule has 4 nitrogen and oxygen atoms in total. The van der Waals surface area contributed by atoms with Crippen LogP contribution in [-0.2, 0) is 22.6 Å². The van der Waals surface area contributed by atoms with Gasteiger partial charge in [0, 0.05) is 13.1 Å². The normalized spacial score (nSPS) is 32.4. The standard InChI is InChI=1S/C19H23NO3/c21-18(20-10-9-12-3-1-2-4-15(12)11-20)16-13-5-7-14(8-6-13)17(16)19(22)23/h1-4,13-14,16-17H,5-11H2,(H,22,23)/t13?,14?,16-,17+/m0/s1. The number of carboxylic acids is 1. The first-order valence-corrected chi connectivity index (χ1v) is 8.73. The maximum absolute atomic E-state index is 13.1. The number of fused-ring (bicyclic) bond motifs is 4. The van der Waals surface area contributed by atoms with Gasteiger partial charge < -0.3 is 10.0 Å². The predicted octanol–water partition coefficient (Wildman–Crippen LogP) is 2.71. The van der Waals surface area contributed by atoms with Crippen LogP contribution in [-0.4, -0.2) is 28.4 Å². The average molecular weight is 313 g/mol. The molecule has 3 fully saturated rings. The van der Waals surface area contributed by atoms with Crippen LogP contribution < -0.4 is 0 Å². The van der Waals surface area contributed by atoms with Crippen molar-refractivity contribution in [1.29, 1.82) is 0 Å². The van der Waals surface area contributed by atoms with E-state index in [1.165, 1.54) is 11.1 Å². The Balaban J connectivity index is 1.58. The fraction of sp³-hybridized carbons (Fsp3) is 0.579. The Morgan fingerprint density at radius 1 is 0.957 bits per heavy atom. The van der Waals surface area contributed by atoms with Crippen molar-refractivity contribution < 1.29 is 14.7 Å². The summed E-state index contributed by atoms with van der Waals surface area (Å²) in [5.74, 6) is -0.983. The maximum Gasteiger partial charge on any atom is 0.307 e. The quantitative estimate of drug-likeness (QED) is 0.913. The Labute approximate surface area is 136 Å². The summed E-state index contributed by atoms with van der Waals surface area (Å²) in [6.07, 6.45) is 4.88. The molecule has 2 atom stereocenters. The number of carbonyl (C=O) groups excluding carboxylic acids is 1. The highest BCUT2D eigenvalue weighted by Gasteiger charge is 2.51. The van der Waals surface area contributed by atoms with Crippen molar-refractivity contribution in [2.75, 3.05) is 6.54 Å². The Hall–Kier alpha value is -1.84. The second-order valence-electron chi connectivity index (χ2n) is 7.34. The fourth-order valence-electron chi connectivity index (χ4n) is 5.05. The van der Waals surface area contributed by atoms with Gasteiger partial charge in [-0.2, -0.15) is 0 Å². The summed E-state index contributed by atoms with van der Waals surface area (Å²) in [6, 6.07) is 8.25. The van der Waals surface area contributed by atoms with Crippen LogP contribution in [0.1, 0.15) is 36.8 Å². The number of carboxylic acid groups (broad SMARTS) is 1. The van der Waals surface area contributed by atoms with Crippen molar-refractivity contribution in [3.05, 3.63) is 35.4 Å². The Morgan fingerprint density at radius 2 is 1.57 bits per heavy atom. The molecule has 0 saturated heterocycles. The molecule has 0 aromatic heterocycles. The molecule has 0 unspecified atom stereocenters. The molecule has 23 heavy (non-hydrogen) atoms. The molecule has 4 aliphatic rings. The van der Waals surface area contributed by atoms with Gasteiger partial charge in [0.25, 0.3) is 0 Å². The van der Waals surface area contributed by atoms with Gasteiger partial charge >= 0.3 is 5.97 Å². The summed E-state index contributed by atoms with van der Waals surface area (Å²) in [5.41, 5.74) is 2.52. The van der Waals surface area contributed by atoms with Gasteiger partial charge in [-0.25, -0.2) is 0 Å². The molecule has 1 N–H and O–H groups in total. The van der Waals surface area contributed by atoms with Crippen LogP contribution in [0, 0.1) is 23.7 Å². The second kappa shape index (κ2) is 5.66. The van der Waals surface area contributed by atoms with E-state index in [-0.39, 0.29) is 23.7 Å². The molecule has 5 rings (SSSR count). The minimum atomic E-state index is -0.768. The van der Waals surface area contributed by atoms with Gasteiger partial charge in [-0.05, 0) is 55.1 Å².